The van der Waals surface area contributed by atoms with Crippen molar-refractivity contribution in [2.45, 2.75) is 54.7 Å². The van der Waals surface area contributed by atoms with E-state index in [1.807, 2.05) is 11.3 Å². The molecular weight excluding hydrogens is 741 g/mol. The second-order valence-electron chi connectivity index (χ2n) is 16.6. The Morgan fingerprint density at radius 1 is 0.690 bits per heavy atom. The van der Waals surface area contributed by atoms with Crippen molar-refractivity contribution >= 4 is 67.1 Å². The number of rotatable bonds is 6. The second-order valence-corrected chi connectivity index (χ2v) is 18.9. The summed E-state index contributed by atoms with van der Waals surface area (Å²) in [6, 6.07) is 54.7. The molecule has 3 heterocycles. The molecule has 0 fully saturated rings. The van der Waals surface area contributed by atoms with Gasteiger partial charge in [-0.05, 0) is 112 Å². The van der Waals surface area contributed by atoms with Crippen molar-refractivity contribution in [1.29, 1.82) is 0 Å². The molecule has 0 saturated heterocycles. The monoisotopic (exact) mass is 782 g/mol. The smallest absolute Gasteiger partial charge is 0.0775 e. The van der Waals surface area contributed by atoms with E-state index in [1.165, 1.54) is 92.8 Å². The summed E-state index contributed by atoms with van der Waals surface area (Å²) in [6.07, 6.45) is 12.3. The number of fused-ring (bicyclic) bond motifs is 9. The standard InChI is InChI=1S/C54H42N2S2/c1-54(2)45-32-31-40(55(39-29-25-37(26-30-39)35-15-6-7-16-35)38-27-23-36(24-28-38)34-13-4-3-5-14-34)33-44(45)41-19-12-20-46(49(41)54)56-50-42-17-8-10-21-47(42)57-52(50)53-51(56)43-18-9-11-22-48(43)58-53/h3-6,8-30,33,50,52H,7,31-32H2,1-2H3. The van der Waals surface area contributed by atoms with Crippen molar-refractivity contribution < 1.29 is 0 Å². The maximum absolute atomic E-state index is 2.76. The fourth-order valence-corrected chi connectivity index (χ4v) is 13.4. The summed E-state index contributed by atoms with van der Waals surface area (Å²) < 4.78 is 1.38. The van der Waals surface area contributed by atoms with Crippen LogP contribution in [0.25, 0.3) is 32.4 Å². The lowest BCUT2D eigenvalue weighted by molar-refractivity contribution is 0.599. The molecule has 0 amide bonds. The molecule has 58 heavy (non-hydrogen) atoms. The minimum atomic E-state index is -0.120. The van der Waals surface area contributed by atoms with E-state index in [1.54, 1.807) is 5.57 Å². The van der Waals surface area contributed by atoms with Crippen LogP contribution in [-0.2, 0) is 5.41 Å². The number of benzene rings is 6. The molecule has 0 radical (unpaired) electrons. The van der Waals surface area contributed by atoms with Crippen molar-refractivity contribution in [3.05, 3.63) is 208 Å². The number of hydrogen-bond acceptors (Lipinski definition) is 4. The van der Waals surface area contributed by atoms with Crippen LogP contribution in [0.3, 0.4) is 0 Å². The van der Waals surface area contributed by atoms with Gasteiger partial charge in [0.1, 0.15) is 0 Å². The van der Waals surface area contributed by atoms with Crippen LogP contribution in [0.15, 0.2) is 186 Å². The maximum atomic E-state index is 2.76. The molecule has 6 aromatic carbocycles. The van der Waals surface area contributed by atoms with Gasteiger partial charge < -0.3 is 9.80 Å². The summed E-state index contributed by atoms with van der Waals surface area (Å²) in [4.78, 5) is 8.21. The van der Waals surface area contributed by atoms with E-state index in [0.29, 0.717) is 5.25 Å². The van der Waals surface area contributed by atoms with Crippen LogP contribution in [0.2, 0.25) is 0 Å². The highest BCUT2D eigenvalue weighted by molar-refractivity contribution is 8.00. The number of thiophene rings is 1. The molecule has 0 N–H and O–H groups in total. The highest BCUT2D eigenvalue weighted by Crippen LogP contribution is 2.69. The van der Waals surface area contributed by atoms with Gasteiger partial charge >= 0.3 is 0 Å². The van der Waals surface area contributed by atoms with E-state index in [9.17, 15) is 0 Å². The zero-order valence-electron chi connectivity index (χ0n) is 32.7. The maximum Gasteiger partial charge on any atom is 0.0775 e. The number of anilines is 4. The summed E-state index contributed by atoms with van der Waals surface area (Å²) in [5, 5.41) is 1.76. The van der Waals surface area contributed by atoms with Crippen molar-refractivity contribution in [3.8, 4) is 11.1 Å². The molecule has 1 aromatic heterocycles. The van der Waals surface area contributed by atoms with E-state index in [2.05, 4.69) is 205 Å². The Bertz CT molecular complexity index is 2920. The van der Waals surface area contributed by atoms with Gasteiger partial charge in [0.25, 0.3) is 0 Å². The van der Waals surface area contributed by atoms with Crippen LogP contribution >= 0.6 is 23.1 Å². The summed E-state index contributed by atoms with van der Waals surface area (Å²) in [5.41, 5.74) is 18.7. The average molecular weight is 783 g/mol. The van der Waals surface area contributed by atoms with Crippen molar-refractivity contribution in [3.63, 3.8) is 0 Å². The normalized spacial score (nSPS) is 19.4. The Morgan fingerprint density at radius 3 is 2.21 bits per heavy atom. The first-order chi connectivity index (χ1) is 28.5. The van der Waals surface area contributed by atoms with Crippen LogP contribution in [0.5, 0.6) is 0 Å². The summed E-state index contributed by atoms with van der Waals surface area (Å²) >= 11 is 4.06. The molecule has 5 aliphatic rings. The number of allylic oxidation sites excluding steroid dienone is 8. The molecule has 7 aromatic rings. The third-order valence-electron chi connectivity index (χ3n) is 13.1. The van der Waals surface area contributed by atoms with Gasteiger partial charge in [-0.3, -0.25) is 0 Å². The predicted octanol–water partition coefficient (Wildman–Crippen LogP) is 15.5. The van der Waals surface area contributed by atoms with E-state index in [4.69, 9.17) is 0 Å². The summed E-state index contributed by atoms with van der Waals surface area (Å²) in [5.74, 6) is 0. The molecule has 0 saturated carbocycles. The molecule has 3 aliphatic carbocycles. The molecule has 280 valence electrons. The van der Waals surface area contributed by atoms with Crippen LogP contribution in [0.1, 0.15) is 71.5 Å². The molecule has 2 atom stereocenters. The van der Waals surface area contributed by atoms with Crippen molar-refractivity contribution in [2.24, 2.45) is 0 Å². The Balaban J connectivity index is 0.994. The molecule has 2 nitrogen and oxygen atoms in total. The minimum absolute atomic E-state index is 0.120. The first-order valence-electron chi connectivity index (χ1n) is 20.6. The number of nitrogens with zero attached hydrogens (tertiary/aromatic N) is 2. The lowest BCUT2D eigenvalue weighted by atomic mass is 9.77. The number of hydrogen-bond donors (Lipinski definition) is 0. The van der Waals surface area contributed by atoms with Crippen LogP contribution < -0.4 is 9.80 Å². The van der Waals surface area contributed by atoms with Gasteiger partial charge in [0.15, 0.2) is 0 Å². The molecule has 0 spiro atoms. The molecule has 4 heteroatoms. The summed E-state index contributed by atoms with van der Waals surface area (Å²) in [6.45, 7) is 4.97. The van der Waals surface area contributed by atoms with Gasteiger partial charge in [0, 0.05) is 48.0 Å². The predicted molar refractivity (Wildman–Crippen MR) is 248 cm³/mol. The van der Waals surface area contributed by atoms with Gasteiger partial charge in [-0.1, -0.05) is 141 Å². The molecule has 12 rings (SSSR count). The van der Waals surface area contributed by atoms with Gasteiger partial charge in [-0.2, -0.15) is 0 Å². The van der Waals surface area contributed by atoms with Crippen LogP contribution in [0, 0.1) is 0 Å². The third kappa shape index (κ3) is 5.11. The van der Waals surface area contributed by atoms with E-state index in [-0.39, 0.29) is 11.5 Å². The number of thioether (sulfide) groups is 1. The summed E-state index contributed by atoms with van der Waals surface area (Å²) in [7, 11) is 0. The zero-order chi connectivity index (χ0) is 38.5. The van der Waals surface area contributed by atoms with E-state index < -0.39 is 0 Å². The van der Waals surface area contributed by atoms with Gasteiger partial charge in [0.05, 0.1) is 17.0 Å². The lowest BCUT2D eigenvalue weighted by Crippen LogP contribution is -2.26. The SMILES string of the molecule is CC1(C)C2=C(C=C(N(c3ccc(C4=CCC=C4)cc3)c3ccc(-c4ccccc4)cc3)CC2)c2cccc(N3c4c(sc5ccccc45)C4Sc5ccccc5C43)c21. The average Bonchev–Trinajstić information content (AvgIpc) is 4.10. The Kier molecular flexibility index (Phi) is 7.74. The molecule has 0 bridgehead atoms. The Hall–Kier alpha value is -5.81. The topological polar surface area (TPSA) is 6.48 Å². The first-order valence-corrected chi connectivity index (χ1v) is 22.3. The largest absolute Gasteiger partial charge is 0.331 e. The van der Waals surface area contributed by atoms with Gasteiger partial charge in [-0.25, -0.2) is 0 Å². The second kappa shape index (κ2) is 13.1. The third-order valence-corrected chi connectivity index (χ3v) is 15.9. The minimum Gasteiger partial charge on any atom is -0.331 e. The van der Waals surface area contributed by atoms with Gasteiger partial charge in [-0.15, -0.1) is 23.1 Å². The fourth-order valence-electron chi connectivity index (χ4n) is 10.5. The highest BCUT2D eigenvalue weighted by atomic mass is 32.2. The Labute approximate surface area is 349 Å². The zero-order valence-corrected chi connectivity index (χ0v) is 34.3. The lowest BCUT2D eigenvalue weighted by Gasteiger charge is -2.35. The highest BCUT2D eigenvalue weighted by Gasteiger charge is 2.50. The van der Waals surface area contributed by atoms with E-state index in [0.717, 1.165) is 19.3 Å². The molecule has 2 aliphatic heterocycles. The quantitative estimate of drug-likeness (QED) is 0.166. The Morgan fingerprint density at radius 2 is 1.41 bits per heavy atom. The van der Waals surface area contributed by atoms with Crippen molar-refractivity contribution in [1.82, 2.24) is 0 Å². The fraction of sp³-hybridized carbons (Fsp3) is 0.148. The van der Waals surface area contributed by atoms with Crippen LogP contribution in [-0.4, -0.2) is 0 Å². The van der Waals surface area contributed by atoms with Gasteiger partial charge in [0.2, 0.25) is 0 Å². The van der Waals surface area contributed by atoms with Crippen molar-refractivity contribution in [2.75, 3.05) is 9.80 Å². The first kappa shape index (κ1) is 34.3. The van der Waals surface area contributed by atoms with Crippen LogP contribution in [0.4, 0.5) is 22.7 Å². The molecule has 2 unspecified atom stereocenters. The molecular formula is C54H42N2S2. The van der Waals surface area contributed by atoms with E-state index >= 15 is 0 Å².